The van der Waals surface area contributed by atoms with Crippen LogP contribution in [0.2, 0.25) is 0 Å². The molecule has 0 aromatic heterocycles. The molecule has 16 heavy (non-hydrogen) atoms. The SMILES string of the molecule is CC1CC2C(=O)N(C(C)CCO)C(=O)C2C1. The summed E-state index contributed by atoms with van der Waals surface area (Å²) in [5.41, 5.74) is 0. The molecule has 90 valence electrons. The zero-order valence-corrected chi connectivity index (χ0v) is 9.85. The van der Waals surface area contributed by atoms with Gasteiger partial charge in [0, 0.05) is 12.6 Å². The van der Waals surface area contributed by atoms with Gasteiger partial charge >= 0.3 is 0 Å². The van der Waals surface area contributed by atoms with Gasteiger partial charge in [0.1, 0.15) is 0 Å². The fraction of sp³-hybridized carbons (Fsp3) is 0.833. The van der Waals surface area contributed by atoms with Gasteiger partial charge in [0.25, 0.3) is 0 Å². The molecular formula is C12H19NO3. The first-order valence-corrected chi connectivity index (χ1v) is 6.04. The highest BCUT2D eigenvalue weighted by atomic mass is 16.3. The molecule has 4 heteroatoms. The Morgan fingerprint density at radius 1 is 1.31 bits per heavy atom. The van der Waals surface area contributed by atoms with E-state index >= 15 is 0 Å². The van der Waals surface area contributed by atoms with E-state index < -0.39 is 0 Å². The average Bonchev–Trinajstić information content (AvgIpc) is 2.68. The van der Waals surface area contributed by atoms with Gasteiger partial charge in [-0.1, -0.05) is 6.92 Å². The van der Waals surface area contributed by atoms with Crippen molar-refractivity contribution in [2.24, 2.45) is 17.8 Å². The summed E-state index contributed by atoms with van der Waals surface area (Å²) in [4.78, 5) is 25.6. The molecule has 2 rings (SSSR count). The zero-order chi connectivity index (χ0) is 11.9. The van der Waals surface area contributed by atoms with Gasteiger partial charge in [-0.2, -0.15) is 0 Å². The third kappa shape index (κ3) is 1.65. The molecule has 0 aromatic carbocycles. The van der Waals surface area contributed by atoms with Crippen LogP contribution in [-0.2, 0) is 9.59 Å². The Hall–Kier alpha value is -0.900. The third-order valence-electron chi connectivity index (χ3n) is 3.90. The van der Waals surface area contributed by atoms with Gasteiger partial charge in [0.05, 0.1) is 11.8 Å². The second-order valence-electron chi connectivity index (χ2n) is 5.20. The van der Waals surface area contributed by atoms with Crippen LogP contribution in [0.15, 0.2) is 0 Å². The minimum atomic E-state index is -0.161. The molecule has 0 radical (unpaired) electrons. The number of amides is 2. The first kappa shape index (κ1) is 11.6. The normalized spacial score (nSPS) is 35.7. The minimum absolute atomic E-state index is 0.0136. The van der Waals surface area contributed by atoms with Gasteiger partial charge in [0.15, 0.2) is 0 Å². The molecule has 1 aliphatic heterocycles. The number of rotatable bonds is 3. The van der Waals surface area contributed by atoms with Crippen LogP contribution >= 0.6 is 0 Å². The maximum absolute atomic E-state index is 12.1. The number of hydrogen-bond acceptors (Lipinski definition) is 3. The van der Waals surface area contributed by atoms with Crippen LogP contribution in [0.25, 0.3) is 0 Å². The number of aliphatic hydroxyl groups is 1. The lowest BCUT2D eigenvalue weighted by Crippen LogP contribution is -2.40. The maximum Gasteiger partial charge on any atom is 0.233 e. The van der Waals surface area contributed by atoms with Crippen molar-refractivity contribution in [3.63, 3.8) is 0 Å². The van der Waals surface area contributed by atoms with Crippen molar-refractivity contribution >= 4 is 11.8 Å². The number of likely N-dealkylation sites (tertiary alicyclic amines) is 1. The van der Waals surface area contributed by atoms with Gasteiger partial charge in [-0.25, -0.2) is 0 Å². The van der Waals surface area contributed by atoms with Crippen LogP contribution in [0, 0.1) is 17.8 Å². The maximum atomic E-state index is 12.1. The van der Waals surface area contributed by atoms with E-state index in [9.17, 15) is 9.59 Å². The number of imide groups is 1. The lowest BCUT2D eigenvalue weighted by atomic mass is 10.00. The molecule has 2 amide bonds. The van der Waals surface area contributed by atoms with E-state index in [2.05, 4.69) is 6.92 Å². The molecule has 1 heterocycles. The molecule has 0 bridgehead atoms. The summed E-state index contributed by atoms with van der Waals surface area (Å²) < 4.78 is 0. The van der Waals surface area contributed by atoms with Gasteiger partial charge < -0.3 is 5.11 Å². The standard InChI is InChI=1S/C12H19NO3/c1-7-5-9-10(6-7)12(16)13(11(9)15)8(2)3-4-14/h7-10,14H,3-6H2,1-2H3. The summed E-state index contributed by atoms with van der Waals surface area (Å²) in [6, 6.07) is -0.161. The number of nitrogens with zero attached hydrogens (tertiary/aromatic N) is 1. The molecule has 3 atom stereocenters. The van der Waals surface area contributed by atoms with Gasteiger partial charge in [-0.3, -0.25) is 14.5 Å². The lowest BCUT2D eigenvalue weighted by Gasteiger charge is -2.23. The molecule has 0 spiro atoms. The van der Waals surface area contributed by atoms with Crippen molar-refractivity contribution in [1.29, 1.82) is 0 Å². The molecule has 1 saturated carbocycles. The molecule has 1 N–H and O–H groups in total. The molecule has 1 aliphatic carbocycles. The van der Waals surface area contributed by atoms with Crippen molar-refractivity contribution in [1.82, 2.24) is 4.90 Å². The van der Waals surface area contributed by atoms with Crippen LogP contribution in [0.4, 0.5) is 0 Å². The predicted octanol–water partition coefficient (Wildman–Crippen LogP) is 0.788. The zero-order valence-electron chi connectivity index (χ0n) is 9.85. The fourth-order valence-corrected chi connectivity index (χ4v) is 3.05. The molecule has 0 aromatic rings. The molecule has 2 aliphatic rings. The van der Waals surface area contributed by atoms with E-state index in [1.54, 1.807) is 0 Å². The third-order valence-corrected chi connectivity index (χ3v) is 3.90. The van der Waals surface area contributed by atoms with E-state index in [4.69, 9.17) is 5.11 Å². The van der Waals surface area contributed by atoms with Crippen molar-refractivity contribution in [3.8, 4) is 0 Å². The van der Waals surface area contributed by atoms with E-state index in [0.29, 0.717) is 12.3 Å². The second-order valence-corrected chi connectivity index (χ2v) is 5.20. The summed E-state index contributed by atoms with van der Waals surface area (Å²) in [7, 11) is 0. The van der Waals surface area contributed by atoms with Crippen LogP contribution in [-0.4, -0.2) is 34.5 Å². The summed E-state index contributed by atoms with van der Waals surface area (Å²) >= 11 is 0. The molecule has 1 saturated heterocycles. The smallest absolute Gasteiger partial charge is 0.233 e. The highest BCUT2D eigenvalue weighted by Crippen LogP contribution is 2.43. The van der Waals surface area contributed by atoms with Gasteiger partial charge in [0.2, 0.25) is 11.8 Å². The Morgan fingerprint density at radius 3 is 2.25 bits per heavy atom. The van der Waals surface area contributed by atoms with E-state index in [0.717, 1.165) is 12.8 Å². The first-order valence-electron chi connectivity index (χ1n) is 6.04. The number of carbonyl (C=O) groups excluding carboxylic acids is 2. The minimum Gasteiger partial charge on any atom is -0.396 e. The summed E-state index contributed by atoms with van der Waals surface area (Å²) in [6.07, 6.45) is 2.17. The Morgan fingerprint density at radius 2 is 1.81 bits per heavy atom. The monoisotopic (exact) mass is 225 g/mol. The Bertz CT molecular complexity index is 291. The Balaban J connectivity index is 2.14. The number of hydrogen-bond donors (Lipinski definition) is 1. The summed E-state index contributed by atoms with van der Waals surface area (Å²) in [5, 5.41) is 8.87. The molecule has 2 fully saturated rings. The summed E-state index contributed by atoms with van der Waals surface area (Å²) in [5.74, 6) is 0.297. The predicted molar refractivity (Wildman–Crippen MR) is 58.4 cm³/mol. The largest absolute Gasteiger partial charge is 0.396 e. The van der Waals surface area contributed by atoms with Gasteiger partial charge in [-0.15, -0.1) is 0 Å². The number of fused-ring (bicyclic) bond motifs is 1. The summed E-state index contributed by atoms with van der Waals surface area (Å²) in [6.45, 7) is 3.95. The quantitative estimate of drug-likeness (QED) is 0.722. The van der Waals surface area contributed by atoms with Crippen LogP contribution in [0.3, 0.4) is 0 Å². The highest BCUT2D eigenvalue weighted by molar-refractivity contribution is 6.05. The topological polar surface area (TPSA) is 57.6 Å². The fourth-order valence-electron chi connectivity index (χ4n) is 3.05. The highest BCUT2D eigenvalue weighted by Gasteiger charge is 2.52. The number of carbonyl (C=O) groups is 2. The molecule has 3 unspecified atom stereocenters. The van der Waals surface area contributed by atoms with E-state index in [-0.39, 0.29) is 36.3 Å². The van der Waals surface area contributed by atoms with Crippen molar-refractivity contribution in [2.75, 3.05) is 6.61 Å². The van der Waals surface area contributed by atoms with Crippen molar-refractivity contribution in [2.45, 2.75) is 39.2 Å². The van der Waals surface area contributed by atoms with Gasteiger partial charge in [-0.05, 0) is 32.1 Å². The Kier molecular flexibility index (Phi) is 3.02. The van der Waals surface area contributed by atoms with Crippen LogP contribution in [0.1, 0.15) is 33.1 Å². The van der Waals surface area contributed by atoms with E-state index in [1.165, 1.54) is 4.90 Å². The first-order chi connectivity index (χ1) is 7.56. The lowest BCUT2D eigenvalue weighted by molar-refractivity contribution is -0.143. The second kappa shape index (κ2) is 4.17. The number of aliphatic hydroxyl groups excluding tert-OH is 1. The van der Waals surface area contributed by atoms with Crippen LogP contribution < -0.4 is 0 Å². The van der Waals surface area contributed by atoms with Crippen LogP contribution in [0.5, 0.6) is 0 Å². The van der Waals surface area contributed by atoms with E-state index in [1.807, 2.05) is 6.92 Å². The molecular weight excluding hydrogens is 206 g/mol. The van der Waals surface area contributed by atoms with Crippen molar-refractivity contribution < 1.29 is 14.7 Å². The molecule has 4 nitrogen and oxygen atoms in total. The van der Waals surface area contributed by atoms with Crippen molar-refractivity contribution in [3.05, 3.63) is 0 Å². The Labute approximate surface area is 95.6 Å². The average molecular weight is 225 g/mol.